The van der Waals surface area contributed by atoms with Crippen LogP contribution in [-0.4, -0.2) is 16.0 Å². The first-order chi connectivity index (χ1) is 15.6. The lowest BCUT2D eigenvalue weighted by Gasteiger charge is -2.34. The minimum Gasteiger partial charge on any atom is -0.539 e. The third-order valence-corrected chi connectivity index (χ3v) is 7.73. The lowest BCUT2D eigenvalue weighted by atomic mass is 9.71. The Bertz CT molecular complexity index is 1380. The Hall–Kier alpha value is -3.26. The van der Waals surface area contributed by atoms with E-state index in [1.54, 1.807) is 12.1 Å². The van der Waals surface area contributed by atoms with Crippen LogP contribution < -0.4 is 15.5 Å². The number of pyridine rings is 1. The van der Waals surface area contributed by atoms with E-state index < -0.39 is 11.7 Å². The number of ketones is 1. The highest BCUT2D eigenvalue weighted by Crippen LogP contribution is 2.41. The summed E-state index contributed by atoms with van der Waals surface area (Å²) in [5.41, 5.74) is 10.7. The van der Waals surface area contributed by atoms with Crippen molar-refractivity contribution in [1.82, 2.24) is 10.3 Å². The van der Waals surface area contributed by atoms with Gasteiger partial charge in [0.05, 0.1) is 11.0 Å². The average Bonchev–Trinajstić information content (AvgIpc) is 3.31. The molecule has 5 rings (SSSR count). The molecule has 1 aliphatic carbocycles. The van der Waals surface area contributed by atoms with Crippen LogP contribution in [0.25, 0.3) is 15.9 Å². The van der Waals surface area contributed by atoms with Gasteiger partial charge in [0.1, 0.15) is 9.71 Å². The van der Waals surface area contributed by atoms with E-state index >= 15 is 0 Å². The molecule has 8 heteroatoms. The van der Waals surface area contributed by atoms with Crippen LogP contribution in [0.1, 0.15) is 59.4 Å². The average molecular weight is 463 g/mol. The second kappa shape index (κ2) is 7.66. The highest BCUT2D eigenvalue weighted by atomic mass is 32.1. The van der Waals surface area contributed by atoms with Crippen molar-refractivity contribution in [3.63, 3.8) is 0 Å². The van der Waals surface area contributed by atoms with Gasteiger partial charge < -0.3 is 15.4 Å². The van der Waals surface area contributed by atoms with Gasteiger partial charge in [0.25, 0.3) is 5.78 Å². The minimum atomic E-state index is -0.794. The van der Waals surface area contributed by atoms with Crippen molar-refractivity contribution in [3.05, 3.63) is 57.7 Å². The quantitative estimate of drug-likeness (QED) is 0.365. The Morgan fingerprint density at radius 2 is 2.00 bits per heavy atom. The first-order valence-corrected chi connectivity index (χ1v) is 11.9. The number of carbonyl (C=O) groups excluding carboxylic acids is 1. The van der Waals surface area contributed by atoms with Gasteiger partial charge in [-0.2, -0.15) is 0 Å². The fraction of sp³-hybridized carbons (Fsp3) is 0.360. The monoisotopic (exact) mass is 462 g/mol. The van der Waals surface area contributed by atoms with Crippen molar-refractivity contribution in [2.75, 3.05) is 5.73 Å². The standard InChI is InChI=1S/C25H26N4O3S/c1-13-5-8-16(9-6-13)29-20(24(31)32-28-29)21(30)22-19(26)17-12-14-11-15(25(2,3)4)7-10-18(14)27-23(17)33-22/h5-6,8-9,12,15H,7,10-11H2,1-4H3,(H2-,26,28,30,31). The molecule has 3 aromatic heterocycles. The summed E-state index contributed by atoms with van der Waals surface area (Å²) in [7, 11) is 0. The number of rotatable bonds is 3. The van der Waals surface area contributed by atoms with Gasteiger partial charge in [0.15, 0.2) is 5.95 Å². The predicted molar refractivity (Wildman–Crippen MR) is 125 cm³/mol. The molecule has 0 aliphatic heterocycles. The Balaban J connectivity index is 1.57. The van der Waals surface area contributed by atoms with E-state index in [2.05, 4.69) is 32.1 Å². The Morgan fingerprint density at radius 3 is 2.70 bits per heavy atom. The summed E-state index contributed by atoms with van der Waals surface area (Å²) in [5, 5.41) is 17.0. The minimum absolute atomic E-state index is 0.172. The summed E-state index contributed by atoms with van der Waals surface area (Å²) in [5.74, 6) is -0.732. The topological polar surface area (TPSA) is 109 Å². The van der Waals surface area contributed by atoms with Crippen LogP contribution in [0.5, 0.6) is 5.95 Å². The molecule has 4 aromatic rings. The van der Waals surface area contributed by atoms with Crippen molar-refractivity contribution in [1.29, 1.82) is 0 Å². The maximum atomic E-state index is 13.5. The molecule has 1 unspecified atom stereocenters. The van der Waals surface area contributed by atoms with E-state index in [4.69, 9.17) is 15.2 Å². The molecular formula is C25H26N4O3S. The largest absolute Gasteiger partial charge is 0.539 e. The van der Waals surface area contributed by atoms with Crippen LogP contribution in [-0.2, 0) is 12.8 Å². The number of carbonyl (C=O) groups is 1. The molecule has 7 nitrogen and oxygen atoms in total. The number of nitrogen functional groups attached to an aromatic ring is 1. The van der Waals surface area contributed by atoms with Gasteiger partial charge in [0.2, 0.25) is 5.69 Å². The number of hydrogen-bond donors (Lipinski definition) is 1. The van der Waals surface area contributed by atoms with Gasteiger partial charge in [-0.25, -0.2) is 4.98 Å². The van der Waals surface area contributed by atoms with E-state index in [1.807, 2.05) is 19.1 Å². The van der Waals surface area contributed by atoms with E-state index in [0.29, 0.717) is 17.3 Å². The zero-order valence-electron chi connectivity index (χ0n) is 19.1. The van der Waals surface area contributed by atoms with Crippen LogP contribution in [0.4, 0.5) is 5.69 Å². The van der Waals surface area contributed by atoms with Crippen LogP contribution in [0, 0.1) is 18.3 Å². The first-order valence-electron chi connectivity index (χ1n) is 11.0. The number of nitrogens with two attached hydrogens (primary N) is 1. The van der Waals surface area contributed by atoms with E-state index in [-0.39, 0.29) is 16.0 Å². The normalized spacial score (nSPS) is 16.2. The fourth-order valence-electron chi connectivity index (χ4n) is 4.51. The van der Waals surface area contributed by atoms with Gasteiger partial charge in [-0.05, 0) is 53.8 Å². The maximum Gasteiger partial charge on any atom is 0.312 e. The molecular weight excluding hydrogens is 436 g/mol. The number of aromatic nitrogens is 3. The number of anilines is 1. The molecule has 0 saturated heterocycles. The van der Waals surface area contributed by atoms with E-state index in [0.717, 1.165) is 40.7 Å². The van der Waals surface area contributed by atoms with Crippen molar-refractivity contribution < 1.29 is 19.1 Å². The summed E-state index contributed by atoms with van der Waals surface area (Å²) in [6, 6.07) is 9.40. The van der Waals surface area contributed by atoms with Gasteiger partial charge in [-0.1, -0.05) is 38.5 Å². The van der Waals surface area contributed by atoms with E-state index in [1.165, 1.54) is 21.6 Å². The second-order valence-electron chi connectivity index (χ2n) is 9.88. The Kier molecular flexibility index (Phi) is 5.01. The third-order valence-electron chi connectivity index (χ3n) is 6.62. The predicted octanol–water partition coefficient (Wildman–Crippen LogP) is 3.91. The lowest BCUT2D eigenvalue weighted by molar-refractivity contribution is -0.672. The summed E-state index contributed by atoms with van der Waals surface area (Å²) in [6.07, 6.45) is 2.96. The zero-order valence-corrected chi connectivity index (χ0v) is 20.0. The molecule has 1 aliphatic rings. The van der Waals surface area contributed by atoms with Crippen molar-refractivity contribution in [3.8, 4) is 11.6 Å². The number of nitrogens with zero attached hydrogens (tertiary/aromatic N) is 3. The summed E-state index contributed by atoms with van der Waals surface area (Å²) in [4.78, 5) is 19.3. The van der Waals surface area contributed by atoms with Crippen molar-refractivity contribution in [2.24, 2.45) is 11.3 Å². The highest BCUT2D eigenvalue weighted by Gasteiger charge is 2.33. The van der Waals surface area contributed by atoms with Gasteiger partial charge in [-0.3, -0.25) is 4.79 Å². The third kappa shape index (κ3) is 3.68. The number of thiophene rings is 1. The molecule has 170 valence electrons. The summed E-state index contributed by atoms with van der Waals surface area (Å²) in [6.45, 7) is 8.77. The zero-order chi connectivity index (χ0) is 23.5. The fourth-order valence-corrected chi connectivity index (χ4v) is 5.54. The van der Waals surface area contributed by atoms with Gasteiger partial charge in [-0.15, -0.1) is 11.3 Å². The summed E-state index contributed by atoms with van der Waals surface area (Å²) >= 11 is 1.22. The molecule has 1 aromatic carbocycles. The molecule has 0 fully saturated rings. The molecule has 33 heavy (non-hydrogen) atoms. The number of benzene rings is 1. The molecule has 0 radical (unpaired) electrons. The summed E-state index contributed by atoms with van der Waals surface area (Å²) < 4.78 is 6.08. The SMILES string of the molecule is Cc1ccc(-[n+]2noc([O-])c2C(=O)c2sc3nc4c(cc3c2N)CC(C(C)(C)C)CC4)cc1. The lowest BCUT2D eigenvalue weighted by Crippen LogP contribution is -2.39. The van der Waals surface area contributed by atoms with Crippen molar-refractivity contribution in [2.45, 2.75) is 47.0 Å². The number of fused-ring (bicyclic) bond motifs is 2. The highest BCUT2D eigenvalue weighted by molar-refractivity contribution is 7.21. The van der Waals surface area contributed by atoms with E-state index in [9.17, 15) is 9.90 Å². The molecule has 0 saturated carbocycles. The number of hydrogen-bond acceptors (Lipinski definition) is 7. The molecule has 0 spiro atoms. The molecule has 2 N–H and O–H groups in total. The van der Waals surface area contributed by atoms with Crippen LogP contribution in [0.3, 0.4) is 0 Å². The molecule has 0 bridgehead atoms. The smallest absolute Gasteiger partial charge is 0.312 e. The number of aryl methyl sites for hydroxylation is 2. The van der Waals surface area contributed by atoms with Crippen LogP contribution >= 0.6 is 11.3 Å². The Labute approximate surface area is 195 Å². The van der Waals surface area contributed by atoms with Crippen LogP contribution in [0.15, 0.2) is 34.9 Å². The maximum absolute atomic E-state index is 13.5. The van der Waals surface area contributed by atoms with Gasteiger partial charge >= 0.3 is 5.69 Å². The van der Waals surface area contributed by atoms with Crippen LogP contribution in [0.2, 0.25) is 0 Å². The molecule has 0 amide bonds. The Morgan fingerprint density at radius 1 is 1.27 bits per heavy atom. The molecule has 3 heterocycles. The first kappa shape index (κ1) is 21.6. The van der Waals surface area contributed by atoms with Gasteiger partial charge in [0, 0.05) is 23.2 Å². The molecule has 1 atom stereocenters. The van der Waals surface area contributed by atoms with Crippen molar-refractivity contribution >= 4 is 33.0 Å². The second-order valence-corrected chi connectivity index (χ2v) is 10.9.